The number of nitrogens with one attached hydrogen (secondary N) is 3. The van der Waals surface area contributed by atoms with Gasteiger partial charge >= 0.3 is 6.18 Å². The van der Waals surface area contributed by atoms with Gasteiger partial charge < -0.3 is 20.9 Å². The molecule has 4 aromatic rings. The van der Waals surface area contributed by atoms with E-state index in [1.165, 1.54) is 29.2 Å². The first kappa shape index (κ1) is 27.9. The van der Waals surface area contributed by atoms with Crippen LogP contribution in [-0.4, -0.2) is 31.3 Å². The molecule has 0 aliphatic rings. The van der Waals surface area contributed by atoms with E-state index >= 15 is 0 Å². The second-order valence-electron chi connectivity index (χ2n) is 8.80. The number of anilines is 4. The molecule has 0 aromatic heterocycles. The van der Waals surface area contributed by atoms with Gasteiger partial charge in [0.05, 0.1) is 12.1 Å². The van der Waals surface area contributed by atoms with Crippen molar-refractivity contribution in [3.63, 3.8) is 0 Å². The van der Waals surface area contributed by atoms with Crippen molar-refractivity contribution in [3.05, 3.63) is 120 Å². The SMILES string of the molecule is CN(C(=O)c1cccc(NCC(=O)Nc2cccc(C(=O)Nc3cccc(C(F)(F)F)c3)c2)c1)c1ccccc1. The van der Waals surface area contributed by atoms with Crippen molar-refractivity contribution in [1.29, 1.82) is 0 Å². The molecule has 7 nitrogen and oxygen atoms in total. The Morgan fingerprint density at radius 2 is 1.30 bits per heavy atom. The van der Waals surface area contributed by atoms with Crippen LogP contribution in [-0.2, 0) is 11.0 Å². The lowest BCUT2D eigenvalue weighted by Crippen LogP contribution is -2.26. The summed E-state index contributed by atoms with van der Waals surface area (Å²) in [6, 6.07) is 26.3. The molecule has 0 atom stereocenters. The molecule has 0 saturated carbocycles. The van der Waals surface area contributed by atoms with Gasteiger partial charge in [-0.3, -0.25) is 14.4 Å². The van der Waals surface area contributed by atoms with Crippen molar-refractivity contribution >= 4 is 40.5 Å². The zero-order valence-electron chi connectivity index (χ0n) is 21.3. The molecule has 204 valence electrons. The van der Waals surface area contributed by atoms with Crippen LogP contribution in [0, 0.1) is 0 Å². The fourth-order valence-electron chi connectivity index (χ4n) is 3.83. The Balaban J connectivity index is 1.34. The molecule has 40 heavy (non-hydrogen) atoms. The summed E-state index contributed by atoms with van der Waals surface area (Å²) in [4.78, 5) is 39.6. The predicted octanol–water partition coefficient (Wildman–Crippen LogP) is 6.28. The first-order valence-corrected chi connectivity index (χ1v) is 12.2. The normalized spacial score (nSPS) is 10.9. The number of rotatable bonds is 8. The van der Waals surface area contributed by atoms with E-state index in [0.717, 1.165) is 17.8 Å². The van der Waals surface area contributed by atoms with Gasteiger partial charge in [0, 0.05) is 40.9 Å². The lowest BCUT2D eigenvalue weighted by Gasteiger charge is -2.18. The number of halogens is 3. The standard InChI is InChI=1S/C30H25F3N4O3/c1-37(26-14-3-2-4-15-26)29(40)21-9-6-11-23(17-21)34-19-27(38)35-24-12-5-8-20(16-24)28(39)36-25-13-7-10-22(18-25)30(31,32)33/h2-18,34H,19H2,1H3,(H,35,38)(H,36,39). The molecule has 0 aliphatic heterocycles. The largest absolute Gasteiger partial charge is 0.416 e. The highest BCUT2D eigenvalue weighted by Gasteiger charge is 2.30. The monoisotopic (exact) mass is 546 g/mol. The van der Waals surface area contributed by atoms with Gasteiger partial charge in [-0.1, -0.05) is 36.4 Å². The maximum Gasteiger partial charge on any atom is 0.416 e. The Kier molecular flexibility index (Phi) is 8.48. The molecule has 10 heteroatoms. The average molecular weight is 547 g/mol. The molecular formula is C30H25F3N4O3. The zero-order chi connectivity index (χ0) is 28.7. The minimum Gasteiger partial charge on any atom is -0.376 e. The predicted molar refractivity (Wildman–Crippen MR) is 149 cm³/mol. The summed E-state index contributed by atoms with van der Waals surface area (Å²) in [5.41, 5.74) is 1.35. The lowest BCUT2D eigenvalue weighted by atomic mass is 10.1. The van der Waals surface area contributed by atoms with Crippen LogP contribution in [0.4, 0.5) is 35.9 Å². The number of nitrogens with zero attached hydrogens (tertiary/aromatic N) is 1. The molecule has 0 saturated heterocycles. The smallest absolute Gasteiger partial charge is 0.376 e. The van der Waals surface area contributed by atoms with Crippen LogP contribution >= 0.6 is 0 Å². The second kappa shape index (κ2) is 12.2. The van der Waals surface area contributed by atoms with Gasteiger partial charge in [-0.15, -0.1) is 0 Å². The zero-order valence-corrected chi connectivity index (χ0v) is 21.3. The van der Waals surface area contributed by atoms with Crippen LogP contribution in [0.5, 0.6) is 0 Å². The molecule has 0 radical (unpaired) electrons. The van der Waals surface area contributed by atoms with Crippen LogP contribution in [0.1, 0.15) is 26.3 Å². The third kappa shape index (κ3) is 7.25. The van der Waals surface area contributed by atoms with Gasteiger partial charge in [-0.25, -0.2) is 0 Å². The maximum absolute atomic E-state index is 13.0. The Morgan fingerprint density at radius 3 is 2.00 bits per heavy atom. The molecule has 4 aromatic carbocycles. The summed E-state index contributed by atoms with van der Waals surface area (Å²) in [7, 11) is 1.68. The molecule has 0 unspecified atom stereocenters. The first-order chi connectivity index (χ1) is 19.1. The van der Waals surface area contributed by atoms with E-state index in [0.29, 0.717) is 16.9 Å². The highest BCUT2D eigenvalue weighted by molar-refractivity contribution is 6.07. The second-order valence-corrected chi connectivity index (χ2v) is 8.80. The third-order valence-electron chi connectivity index (χ3n) is 5.87. The molecule has 0 heterocycles. The van der Waals surface area contributed by atoms with Crippen molar-refractivity contribution in [2.24, 2.45) is 0 Å². The fourth-order valence-corrected chi connectivity index (χ4v) is 3.83. The molecule has 3 N–H and O–H groups in total. The van der Waals surface area contributed by atoms with E-state index in [1.807, 2.05) is 30.3 Å². The Bertz CT molecular complexity index is 1520. The highest BCUT2D eigenvalue weighted by atomic mass is 19.4. The maximum atomic E-state index is 13.0. The number of benzene rings is 4. The van der Waals surface area contributed by atoms with E-state index in [2.05, 4.69) is 16.0 Å². The quantitative estimate of drug-likeness (QED) is 0.243. The number of hydrogen-bond acceptors (Lipinski definition) is 4. The Morgan fingerprint density at radius 1 is 0.700 bits per heavy atom. The van der Waals surface area contributed by atoms with Crippen molar-refractivity contribution in [2.75, 3.05) is 34.4 Å². The summed E-state index contributed by atoms with van der Waals surface area (Å²) < 4.78 is 38.9. The lowest BCUT2D eigenvalue weighted by molar-refractivity contribution is -0.137. The molecule has 0 aliphatic carbocycles. The molecule has 0 bridgehead atoms. The number of carbonyl (C=O) groups is 3. The Labute approximate surface area is 228 Å². The Hall–Kier alpha value is -5.12. The number of carbonyl (C=O) groups excluding carboxylic acids is 3. The summed E-state index contributed by atoms with van der Waals surface area (Å²) in [5.74, 6) is -1.25. The summed E-state index contributed by atoms with van der Waals surface area (Å²) >= 11 is 0. The van der Waals surface area contributed by atoms with E-state index in [-0.39, 0.29) is 23.7 Å². The van der Waals surface area contributed by atoms with Crippen LogP contribution in [0.15, 0.2) is 103 Å². The topological polar surface area (TPSA) is 90.5 Å². The summed E-state index contributed by atoms with van der Waals surface area (Å²) in [6.07, 6.45) is -4.53. The number of alkyl halides is 3. The van der Waals surface area contributed by atoms with Crippen LogP contribution in [0.2, 0.25) is 0 Å². The van der Waals surface area contributed by atoms with Crippen molar-refractivity contribution in [3.8, 4) is 0 Å². The minimum absolute atomic E-state index is 0.00543. The minimum atomic E-state index is -4.53. The van der Waals surface area contributed by atoms with Crippen molar-refractivity contribution in [1.82, 2.24) is 0 Å². The fraction of sp³-hybridized carbons (Fsp3) is 0.100. The van der Waals surface area contributed by atoms with Crippen LogP contribution < -0.4 is 20.9 Å². The van der Waals surface area contributed by atoms with E-state index in [4.69, 9.17) is 0 Å². The number of amides is 3. The number of para-hydroxylation sites is 1. The average Bonchev–Trinajstić information content (AvgIpc) is 2.96. The van der Waals surface area contributed by atoms with Gasteiger partial charge in [0.15, 0.2) is 0 Å². The number of hydrogen-bond donors (Lipinski definition) is 3. The molecule has 0 fully saturated rings. The van der Waals surface area contributed by atoms with Gasteiger partial charge in [0.1, 0.15) is 0 Å². The first-order valence-electron chi connectivity index (χ1n) is 12.2. The van der Waals surface area contributed by atoms with Crippen LogP contribution in [0.25, 0.3) is 0 Å². The molecule has 0 spiro atoms. The van der Waals surface area contributed by atoms with Gasteiger partial charge in [-0.05, 0) is 66.7 Å². The van der Waals surface area contributed by atoms with E-state index in [9.17, 15) is 27.6 Å². The van der Waals surface area contributed by atoms with Crippen molar-refractivity contribution in [2.45, 2.75) is 6.18 Å². The van der Waals surface area contributed by atoms with E-state index < -0.39 is 23.6 Å². The molecule has 3 amide bonds. The molecule has 4 rings (SSSR count). The third-order valence-corrected chi connectivity index (χ3v) is 5.87. The summed E-state index contributed by atoms with van der Waals surface area (Å²) in [5, 5.41) is 8.08. The van der Waals surface area contributed by atoms with Gasteiger partial charge in [0.2, 0.25) is 5.91 Å². The highest BCUT2D eigenvalue weighted by Crippen LogP contribution is 2.30. The van der Waals surface area contributed by atoms with Crippen molar-refractivity contribution < 1.29 is 27.6 Å². The van der Waals surface area contributed by atoms with E-state index in [1.54, 1.807) is 43.4 Å². The summed E-state index contributed by atoms with van der Waals surface area (Å²) in [6.45, 7) is -0.118. The van der Waals surface area contributed by atoms with Crippen LogP contribution in [0.3, 0.4) is 0 Å². The molecular weight excluding hydrogens is 521 g/mol. The van der Waals surface area contributed by atoms with Gasteiger partial charge in [-0.2, -0.15) is 13.2 Å². The van der Waals surface area contributed by atoms with Gasteiger partial charge in [0.25, 0.3) is 11.8 Å².